The Bertz CT molecular complexity index is 1340. The number of ketones is 1. The molecule has 7 heteroatoms. The van der Waals surface area contributed by atoms with E-state index in [0.717, 1.165) is 6.07 Å². The molecule has 0 spiro atoms. The SMILES string of the molecule is CCOC(=O)C1=C(C)NC(c2ccccc2)=C(C(=O)c2ccccc2)C1c1ccccc1C(F)(F)F. The predicted octanol–water partition coefficient (Wildman–Crippen LogP) is 6.52. The second kappa shape index (κ2) is 10.2. The number of rotatable bonds is 6. The van der Waals surface area contributed by atoms with Crippen molar-refractivity contribution in [3.8, 4) is 0 Å². The molecule has 3 aromatic carbocycles. The molecule has 0 fully saturated rings. The van der Waals surface area contributed by atoms with Crippen molar-refractivity contribution < 1.29 is 27.5 Å². The van der Waals surface area contributed by atoms with Gasteiger partial charge in [0, 0.05) is 22.8 Å². The van der Waals surface area contributed by atoms with Gasteiger partial charge in [0.25, 0.3) is 0 Å². The Morgan fingerprint density at radius 1 is 0.861 bits per heavy atom. The maximum Gasteiger partial charge on any atom is 0.416 e. The third-order valence-corrected chi connectivity index (χ3v) is 5.98. The molecule has 0 radical (unpaired) electrons. The molecule has 0 amide bonds. The van der Waals surface area contributed by atoms with Gasteiger partial charge in [-0.1, -0.05) is 78.9 Å². The van der Waals surface area contributed by atoms with Crippen LogP contribution in [0.1, 0.15) is 46.8 Å². The van der Waals surface area contributed by atoms with Crippen molar-refractivity contribution >= 4 is 17.4 Å². The zero-order valence-electron chi connectivity index (χ0n) is 19.7. The summed E-state index contributed by atoms with van der Waals surface area (Å²) < 4.78 is 47.8. The zero-order valence-corrected chi connectivity index (χ0v) is 19.7. The number of allylic oxidation sites excluding steroid dienone is 2. The Kier molecular flexibility index (Phi) is 7.10. The highest BCUT2D eigenvalue weighted by Gasteiger charge is 2.43. The van der Waals surface area contributed by atoms with Crippen LogP contribution in [0.15, 0.2) is 102 Å². The van der Waals surface area contributed by atoms with Crippen molar-refractivity contribution in [3.63, 3.8) is 0 Å². The number of Topliss-reactive ketones (excluding diaryl/α,β-unsaturated/α-hetero) is 1. The summed E-state index contributed by atoms with van der Waals surface area (Å²) in [4.78, 5) is 27.2. The van der Waals surface area contributed by atoms with E-state index in [1.54, 1.807) is 74.5 Å². The zero-order chi connectivity index (χ0) is 25.9. The van der Waals surface area contributed by atoms with Gasteiger partial charge < -0.3 is 10.1 Å². The second-order valence-corrected chi connectivity index (χ2v) is 8.25. The van der Waals surface area contributed by atoms with Crippen LogP contribution in [0.2, 0.25) is 0 Å². The van der Waals surface area contributed by atoms with E-state index in [1.165, 1.54) is 18.2 Å². The van der Waals surface area contributed by atoms with Gasteiger partial charge in [0.05, 0.1) is 23.4 Å². The van der Waals surface area contributed by atoms with Crippen LogP contribution in [-0.4, -0.2) is 18.4 Å². The molecular formula is C29H24F3NO3. The molecule has 0 aromatic heterocycles. The fourth-order valence-electron chi connectivity index (χ4n) is 4.45. The summed E-state index contributed by atoms with van der Waals surface area (Å²) in [7, 11) is 0. The lowest BCUT2D eigenvalue weighted by atomic mass is 9.75. The third-order valence-electron chi connectivity index (χ3n) is 5.98. The molecule has 4 nitrogen and oxygen atoms in total. The van der Waals surface area contributed by atoms with Crippen molar-refractivity contribution in [2.75, 3.05) is 6.61 Å². The number of carbonyl (C=O) groups excluding carboxylic acids is 2. The lowest BCUT2D eigenvalue weighted by Crippen LogP contribution is -2.33. The summed E-state index contributed by atoms with van der Waals surface area (Å²) in [5.74, 6) is -2.58. The van der Waals surface area contributed by atoms with E-state index in [4.69, 9.17) is 4.74 Å². The number of alkyl halides is 3. The molecule has 0 bridgehead atoms. The number of esters is 1. The van der Waals surface area contributed by atoms with Gasteiger partial charge >= 0.3 is 12.1 Å². The topological polar surface area (TPSA) is 55.4 Å². The van der Waals surface area contributed by atoms with Crippen LogP contribution >= 0.6 is 0 Å². The van der Waals surface area contributed by atoms with Gasteiger partial charge in [-0.25, -0.2) is 4.79 Å². The molecule has 184 valence electrons. The first-order valence-electron chi connectivity index (χ1n) is 11.4. The molecule has 4 rings (SSSR count). The molecule has 1 atom stereocenters. The molecule has 36 heavy (non-hydrogen) atoms. The first-order valence-corrected chi connectivity index (χ1v) is 11.4. The highest BCUT2D eigenvalue weighted by molar-refractivity contribution is 6.16. The molecule has 1 N–H and O–H groups in total. The fourth-order valence-corrected chi connectivity index (χ4v) is 4.45. The number of halogens is 3. The van der Waals surface area contributed by atoms with E-state index in [0.29, 0.717) is 22.5 Å². The average molecular weight is 492 g/mol. The van der Waals surface area contributed by atoms with Crippen LogP contribution in [-0.2, 0) is 15.7 Å². The van der Waals surface area contributed by atoms with Gasteiger partial charge in [-0.3, -0.25) is 4.79 Å². The first kappa shape index (κ1) is 25.0. The number of carbonyl (C=O) groups is 2. The summed E-state index contributed by atoms with van der Waals surface area (Å²) in [6.45, 7) is 3.24. The molecule has 1 aliphatic rings. The number of hydrogen-bond acceptors (Lipinski definition) is 4. The van der Waals surface area contributed by atoms with Crippen molar-refractivity contribution in [1.29, 1.82) is 0 Å². The molecule has 1 unspecified atom stereocenters. The molecule has 0 saturated carbocycles. The van der Waals surface area contributed by atoms with E-state index in [9.17, 15) is 22.8 Å². The summed E-state index contributed by atoms with van der Waals surface area (Å²) in [6.07, 6.45) is -4.71. The lowest BCUT2D eigenvalue weighted by molar-refractivity contribution is -0.140. The van der Waals surface area contributed by atoms with Crippen LogP contribution in [0, 0.1) is 0 Å². The molecule has 1 aliphatic heterocycles. The largest absolute Gasteiger partial charge is 0.463 e. The molecule has 0 saturated heterocycles. The lowest BCUT2D eigenvalue weighted by Gasteiger charge is -2.33. The number of benzene rings is 3. The van der Waals surface area contributed by atoms with Gasteiger partial charge in [-0.15, -0.1) is 0 Å². The average Bonchev–Trinajstić information content (AvgIpc) is 2.88. The number of nitrogens with one attached hydrogen (secondary N) is 1. The van der Waals surface area contributed by atoms with E-state index in [1.807, 2.05) is 0 Å². The maximum absolute atomic E-state index is 14.2. The summed E-state index contributed by atoms with van der Waals surface area (Å²) in [5, 5.41) is 3.14. The Morgan fingerprint density at radius 3 is 2.06 bits per heavy atom. The van der Waals surface area contributed by atoms with Crippen LogP contribution in [0.25, 0.3) is 5.70 Å². The van der Waals surface area contributed by atoms with Gasteiger partial charge in [0.2, 0.25) is 0 Å². The monoisotopic (exact) mass is 491 g/mol. The fraction of sp³-hybridized carbons (Fsp3) is 0.172. The Morgan fingerprint density at radius 2 is 1.44 bits per heavy atom. The van der Waals surface area contributed by atoms with E-state index < -0.39 is 29.4 Å². The van der Waals surface area contributed by atoms with Crippen molar-refractivity contribution in [2.24, 2.45) is 0 Å². The predicted molar refractivity (Wildman–Crippen MR) is 131 cm³/mol. The van der Waals surface area contributed by atoms with E-state index >= 15 is 0 Å². The minimum absolute atomic E-state index is 0.0282. The minimum atomic E-state index is -4.71. The third kappa shape index (κ3) is 4.82. The highest BCUT2D eigenvalue weighted by atomic mass is 19.4. The van der Waals surface area contributed by atoms with Crippen LogP contribution in [0.4, 0.5) is 13.2 Å². The Balaban J connectivity index is 2.08. The molecule has 0 aliphatic carbocycles. The van der Waals surface area contributed by atoms with Gasteiger partial charge in [0.15, 0.2) is 5.78 Å². The normalized spacial score (nSPS) is 16.0. The second-order valence-electron chi connectivity index (χ2n) is 8.25. The summed E-state index contributed by atoms with van der Waals surface area (Å²) in [6, 6.07) is 22.2. The minimum Gasteiger partial charge on any atom is -0.463 e. The Hall–Kier alpha value is -4.13. The maximum atomic E-state index is 14.2. The van der Waals surface area contributed by atoms with Gasteiger partial charge in [-0.2, -0.15) is 13.2 Å². The smallest absolute Gasteiger partial charge is 0.416 e. The van der Waals surface area contributed by atoms with Crippen molar-refractivity contribution in [3.05, 3.63) is 124 Å². The van der Waals surface area contributed by atoms with Crippen LogP contribution in [0.5, 0.6) is 0 Å². The van der Waals surface area contributed by atoms with E-state index in [2.05, 4.69) is 5.32 Å². The van der Waals surface area contributed by atoms with Crippen LogP contribution in [0.3, 0.4) is 0 Å². The highest BCUT2D eigenvalue weighted by Crippen LogP contribution is 2.46. The van der Waals surface area contributed by atoms with E-state index in [-0.39, 0.29) is 23.3 Å². The first-order chi connectivity index (χ1) is 17.2. The van der Waals surface area contributed by atoms with Crippen molar-refractivity contribution in [2.45, 2.75) is 25.9 Å². The molecule has 1 heterocycles. The van der Waals surface area contributed by atoms with Crippen LogP contribution < -0.4 is 5.32 Å². The quantitative estimate of drug-likeness (QED) is 0.315. The number of ether oxygens (including phenoxy) is 1. The number of dihydropyridines is 1. The van der Waals surface area contributed by atoms with Crippen molar-refractivity contribution in [1.82, 2.24) is 5.32 Å². The van der Waals surface area contributed by atoms with Gasteiger partial charge in [-0.05, 0) is 31.0 Å². The molecule has 3 aromatic rings. The number of hydrogen-bond donors (Lipinski definition) is 1. The summed E-state index contributed by atoms with van der Waals surface area (Å²) >= 11 is 0. The standard InChI is InChI=1S/C29H24F3NO3/c1-3-36-28(35)23-18(2)33-26(19-12-6-4-7-13-19)25(27(34)20-14-8-5-9-15-20)24(23)21-16-10-11-17-22(21)29(30,31)32/h4-17,24,33H,3H2,1-2H3. The Labute approximate surface area is 207 Å². The summed E-state index contributed by atoms with van der Waals surface area (Å²) in [5.41, 5.74) is 0.452. The van der Waals surface area contributed by atoms with Gasteiger partial charge in [0.1, 0.15) is 0 Å². The molecular weight excluding hydrogens is 467 g/mol.